The van der Waals surface area contributed by atoms with Crippen molar-refractivity contribution in [2.24, 2.45) is 11.3 Å². The van der Waals surface area contributed by atoms with E-state index in [9.17, 15) is 30.3 Å². The molecule has 2 aliphatic rings. The highest BCUT2D eigenvalue weighted by Gasteiger charge is 2.53. The zero-order valence-electron chi connectivity index (χ0n) is 23.5. The Labute approximate surface area is 233 Å². The molecule has 2 heterocycles. The molecule has 1 saturated carbocycles. The van der Waals surface area contributed by atoms with Gasteiger partial charge < -0.3 is 44.2 Å². The van der Waals surface area contributed by atoms with Gasteiger partial charge in [-0.05, 0) is 75.1 Å². The third kappa shape index (κ3) is 6.60. The predicted molar refractivity (Wildman–Crippen MR) is 147 cm³/mol. The van der Waals surface area contributed by atoms with Gasteiger partial charge in [0.05, 0.1) is 18.3 Å². The van der Waals surface area contributed by atoms with Gasteiger partial charge in [0.25, 0.3) is 0 Å². The molecule has 0 radical (unpaired) electrons. The van der Waals surface area contributed by atoms with E-state index in [1.807, 2.05) is 45.9 Å². The Morgan fingerprint density at radius 3 is 2.55 bits per heavy atom. The number of benzene rings is 1. The molecule has 222 valence electrons. The van der Waals surface area contributed by atoms with E-state index >= 15 is 0 Å². The van der Waals surface area contributed by atoms with Gasteiger partial charge in [0.2, 0.25) is 0 Å². The lowest BCUT2D eigenvalue weighted by molar-refractivity contribution is -0.327. The Bertz CT molecular complexity index is 1230. The fourth-order valence-electron chi connectivity index (χ4n) is 6.15. The maximum atomic E-state index is 11.5. The van der Waals surface area contributed by atoms with Crippen molar-refractivity contribution in [3.8, 4) is 5.75 Å². The number of hydrogen-bond donors (Lipinski definition) is 5. The second-order valence-corrected chi connectivity index (χ2v) is 11.9. The highest BCUT2D eigenvalue weighted by Crippen LogP contribution is 2.50. The van der Waals surface area contributed by atoms with Crippen molar-refractivity contribution in [2.75, 3.05) is 13.2 Å². The summed E-state index contributed by atoms with van der Waals surface area (Å²) in [5, 5.41) is 52.4. The molecule has 5 N–H and O–H groups in total. The van der Waals surface area contributed by atoms with E-state index in [0.717, 1.165) is 11.0 Å². The SMILES string of the molecule is CC(=CCOc1ccc2ccc(=O)oc2c1)CC[C@H]1C(C)(C)[C@H](O[C@@H]2O[C@H](CO)[C@@H](O)[C@@H](O)[C@H]2O)CC[C@@]1(C)O. The van der Waals surface area contributed by atoms with Crippen LogP contribution in [0.1, 0.15) is 53.4 Å². The van der Waals surface area contributed by atoms with Crippen LogP contribution in [0.3, 0.4) is 0 Å². The van der Waals surface area contributed by atoms with Gasteiger partial charge in [-0.2, -0.15) is 0 Å². The lowest BCUT2D eigenvalue weighted by atomic mass is 9.59. The Morgan fingerprint density at radius 1 is 1.10 bits per heavy atom. The van der Waals surface area contributed by atoms with Crippen LogP contribution in [0, 0.1) is 11.3 Å². The van der Waals surface area contributed by atoms with Crippen LogP contribution in [0.4, 0.5) is 0 Å². The van der Waals surface area contributed by atoms with E-state index in [2.05, 4.69) is 0 Å². The molecule has 0 unspecified atom stereocenters. The summed E-state index contributed by atoms with van der Waals surface area (Å²) in [4.78, 5) is 11.5. The van der Waals surface area contributed by atoms with Crippen LogP contribution >= 0.6 is 0 Å². The van der Waals surface area contributed by atoms with Crippen molar-refractivity contribution in [3.63, 3.8) is 0 Å². The molecule has 1 aromatic carbocycles. The largest absolute Gasteiger partial charge is 0.489 e. The standard InChI is InChI=1S/C30H42O10/c1-17(12-14-37-19-8-6-18-7-10-24(32)38-20(18)15-19)5-9-22-29(2,3)23(11-13-30(22,4)36)40-28-27(35)26(34)25(33)21(16-31)39-28/h6-8,10,12,15,21-23,25-28,31,33-36H,5,9,11,13-14,16H2,1-4H3/t21-,22+,23-,25-,26-,27-,28+,30-/m1/s1. The number of aliphatic hydroxyl groups is 5. The van der Waals surface area contributed by atoms with Crippen LogP contribution in [-0.2, 0) is 9.47 Å². The summed E-state index contributed by atoms with van der Waals surface area (Å²) < 4.78 is 22.8. The molecule has 2 aromatic rings. The van der Waals surface area contributed by atoms with Crippen molar-refractivity contribution in [2.45, 2.75) is 95.8 Å². The third-order valence-corrected chi connectivity index (χ3v) is 8.64. The van der Waals surface area contributed by atoms with Crippen molar-refractivity contribution in [1.29, 1.82) is 0 Å². The lowest BCUT2D eigenvalue weighted by Gasteiger charge is -2.53. The average Bonchev–Trinajstić information content (AvgIpc) is 2.89. The molecule has 1 aliphatic carbocycles. The van der Waals surface area contributed by atoms with E-state index in [1.165, 1.54) is 6.07 Å². The number of rotatable bonds is 9. The number of ether oxygens (including phenoxy) is 3. The summed E-state index contributed by atoms with van der Waals surface area (Å²) in [6, 6.07) is 8.43. The van der Waals surface area contributed by atoms with Gasteiger partial charge in [-0.25, -0.2) is 4.79 Å². The van der Waals surface area contributed by atoms with E-state index in [4.69, 9.17) is 18.6 Å². The minimum Gasteiger partial charge on any atom is -0.489 e. The van der Waals surface area contributed by atoms with Gasteiger partial charge in [-0.15, -0.1) is 0 Å². The average molecular weight is 563 g/mol. The van der Waals surface area contributed by atoms with Crippen LogP contribution < -0.4 is 10.4 Å². The minimum absolute atomic E-state index is 0.156. The van der Waals surface area contributed by atoms with Crippen LogP contribution in [-0.4, -0.2) is 81.2 Å². The first-order chi connectivity index (χ1) is 18.8. The van der Waals surface area contributed by atoms with Gasteiger partial charge >= 0.3 is 5.63 Å². The highest BCUT2D eigenvalue weighted by molar-refractivity contribution is 5.77. The number of fused-ring (bicyclic) bond motifs is 1. The second kappa shape index (κ2) is 12.3. The number of aliphatic hydroxyl groups excluding tert-OH is 4. The molecule has 8 atom stereocenters. The molecule has 1 aromatic heterocycles. The Kier molecular flexibility index (Phi) is 9.41. The molecule has 10 heteroatoms. The zero-order chi connectivity index (χ0) is 29.2. The van der Waals surface area contributed by atoms with Crippen molar-refractivity contribution in [1.82, 2.24) is 0 Å². The quantitative estimate of drug-likeness (QED) is 0.227. The summed E-state index contributed by atoms with van der Waals surface area (Å²) >= 11 is 0. The van der Waals surface area contributed by atoms with E-state index in [-0.39, 0.29) is 5.92 Å². The highest BCUT2D eigenvalue weighted by atomic mass is 16.7. The zero-order valence-corrected chi connectivity index (χ0v) is 23.5. The molecule has 0 spiro atoms. The molecular weight excluding hydrogens is 520 g/mol. The van der Waals surface area contributed by atoms with Crippen molar-refractivity contribution in [3.05, 3.63) is 52.4 Å². The predicted octanol–water partition coefficient (Wildman–Crippen LogP) is 2.27. The Balaban J connectivity index is 1.37. The lowest BCUT2D eigenvalue weighted by Crippen LogP contribution is -2.61. The van der Waals surface area contributed by atoms with Crippen LogP contribution in [0.5, 0.6) is 5.75 Å². The summed E-state index contributed by atoms with van der Waals surface area (Å²) in [5.74, 6) is 0.437. The fraction of sp³-hybridized carbons (Fsp3) is 0.633. The molecule has 1 saturated heterocycles. The first kappa shape index (κ1) is 30.6. The van der Waals surface area contributed by atoms with Gasteiger partial charge in [0, 0.05) is 17.5 Å². The summed E-state index contributed by atoms with van der Waals surface area (Å²) in [7, 11) is 0. The molecule has 4 rings (SSSR count). The summed E-state index contributed by atoms with van der Waals surface area (Å²) in [5.41, 5.74) is -0.316. The molecule has 2 fully saturated rings. The van der Waals surface area contributed by atoms with Crippen LogP contribution in [0.2, 0.25) is 0 Å². The maximum Gasteiger partial charge on any atom is 0.336 e. The fourth-order valence-corrected chi connectivity index (χ4v) is 6.15. The Hall–Kier alpha value is -2.31. The second-order valence-electron chi connectivity index (χ2n) is 11.9. The van der Waals surface area contributed by atoms with Crippen LogP contribution in [0.15, 0.2) is 51.2 Å². The summed E-state index contributed by atoms with van der Waals surface area (Å²) in [6.45, 7) is 7.68. The van der Waals surface area contributed by atoms with Gasteiger partial charge in [0.1, 0.15) is 42.4 Å². The topological polar surface area (TPSA) is 159 Å². The smallest absolute Gasteiger partial charge is 0.336 e. The van der Waals surface area contributed by atoms with E-state index < -0.39 is 60.1 Å². The maximum absolute atomic E-state index is 11.5. The number of hydrogen-bond acceptors (Lipinski definition) is 10. The third-order valence-electron chi connectivity index (χ3n) is 8.64. The molecule has 0 amide bonds. The van der Waals surface area contributed by atoms with Gasteiger partial charge in [0.15, 0.2) is 6.29 Å². The monoisotopic (exact) mass is 562 g/mol. The van der Waals surface area contributed by atoms with Crippen LogP contribution in [0.25, 0.3) is 11.0 Å². The minimum atomic E-state index is -1.51. The molecular formula is C30H42O10. The first-order valence-corrected chi connectivity index (χ1v) is 13.8. The van der Waals surface area contributed by atoms with E-state index in [1.54, 1.807) is 12.1 Å². The first-order valence-electron chi connectivity index (χ1n) is 13.8. The van der Waals surface area contributed by atoms with Gasteiger partial charge in [-0.3, -0.25) is 0 Å². The summed E-state index contributed by atoms with van der Waals surface area (Å²) in [6.07, 6.45) is -2.73. The van der Waals surface area contributed by atoms with Crippen molar-refractivity contribution < 1.29 is 44.2 Å². The molecule has 10 nitrogen and oxygen atoms in total. The number of allylic oxidation sites excluding steroid dienone is 1. The molecule has 1 aliphatic heterocycles. The van der Waals surface area contributed by atoms with Gasteiger partial charge in [-0.1, -0.05) is 19.4 Å². The normalized spacial score (nSPS) is 34.6. The molecule has 0 bridgehead atoms. The Morgan fingerprint density at radius 2 is 1.82 bits per heavy atom. The van der Waals surface area contributed by atoms with E-state index in [0.29, 0.717) is 43.6 Å². The molecule has 40 heavy (non-hydrogen) atoms. The van der Waals surface area contributed by atoms with Crippen molar-refractivity contribution >= 4 is 11.0 Å².